The van der Waals surface area contributed by atoms with Crippen molar-refractivity contribution < 1.29 is 9.32 Å². The highest BCUT2D eigenvalue weighted by molar-refractivity contribution is 7.84. The molecule has 1 aromatic rings. The van der Waals surface area contributed by atoms with E-state index in [1.54, 1.807) is 12.1 Å². The number of hydrogen-bond acceptors (Lipinski definition) is 2. The molecule has 0 aliphatic rings. The summed E-state index contributed by atoms with van der Waals surface area (Å²) in [5.41, 5.74) is 1.02. The minimum absolute atomic E-state index is 0.104. The molecule has 0 aliphatic carbocycles. The van der Waals surface area contributed by atoms with Crippen LogP contribution in [0, 0.1) is 0 Å². The fourth-order valence-electron chi connectivity index (χ4n) is 1.06. The van der Waals surface area contributed by atoms with Gasteiger partial charge >= 0.3 is 0 Å². The Kier molecular flexibility index (Phi) is 5.15. The molecule has 0 radical (unpaired) electrons. The molecule has 0 amide bonds. The van der Waals surface area contributed by atoms with Crippen LogP contribution in [0.2, 0.25) is 5.02 Å². The Labute approximate surface area is 91.4 Å². The Hall–Kier alpha value is -0.380. The van der Waals surface area contributed by atoms with Crippen molar-refractivity contribution in [2.75, 3.05) is 12.4 Å². The van der Waals surface area contributed by atoms with Gasteiger partial charge < -0.3 is 5.11 Å². The highest BCUT2D eigenvalue weighted by atomic mass is 35.5. The Morgan fingerprint density at radius 3 is 2.50 bits per heavy atom. The lowest BCUT2D eigenvalue weighted by Gasteiger charge is -2.01. The summed E-state index contributed by atoms with van der Waals surface area (Å²) < 4.78 is 11.4. The summed E-state index contributed by atoms with van der Waals surface area (Å²) in [6.45, 7) is 0.104. The molecule has 4 heteroatoms. The number of rotatable bonds is 5. The second-order valence-electron chi connectivity index (χ2n) is 2.99. The quantitative estimate of drug-likeness (QED) is 0.843. The van der Waals surface area contributed by atoms with Crippen molar-refractivity contribution >= 4 is 22.4 Å². The van der Waals surface area contributed by atoms with Crippen molar-refractivity contribution in [3.63, 3.8) is 0 Å². The fraction of sp³-hybridized carbons (Fsp3) is 0.400. The summed E-state index contributed by atoms with van der Waals surface area (Å²) in [4.78, 5) is 0. The molecule has 0 aliphatic heterocycles. The lowest BCUT2D eigenvalue weighted by molar-refractivity contribution is 0.296. The van der Waals surface area contributed by atoms with E-state index in [0.717, 1.165) is 5.56 Å². The standard InChI is InChI=1S/C10H13ClO2S/c11-10-4-2-9(3-5-10)8-14(13)7-1-6-12/h2-5,12H,1,6-8H2. The molecule has 1 N–H and O–H groups in total. The first-order valence-electron chi connectivity index (χ1n) is 4.42. The SMILES string of the molecule is O=S(CCCO)Cc1ccc(Cl)cc1. The molecule has 14 heavy (non-hydrogen) atoms. The largest absolute Gasteiger partial charge is 0.396 e. The van der Waals surface area contributed by atoms with Crippen molar-refractivity contribution in [1.29, 1.82) is 0 Å². The Balaban J connectivity index is 2.44. The third-order valence-corrected chi connectivity index (χ3v) is 3.42. The number of aliphatic hydroxyl groups excluding tert-OH is 1. The first kappa shape index (κ1) is 11.7. The van der Waals surface area contributed by atoms with Gasteiger partial charge in [-0.3, -0.25) is 4.21 Å². The van der Waals surface area contributed by atoms with Crippen LogP contribution in [-0.4, -0.2) is 21.7 Å². The summed E-state index contributed by atoms with van der Waals surface area (Å²) >= 11 is 5.72. The van der Waals surface area contributed by atoms with Crippen molar-refractivity contribution in [3.8, 4) is 0 Å². The molecular weight excluding hydrogens is 220 g/mol. The van der Waals surface area contributed by atoms with E-state index in [4.69, 9.17) is 16.7 Å². The van der Waals surface area contributed by atoms with Gasteiger partial charge in [0.15, 0.2) is 0 Å². The van der Waals surface area contributed by atoms with Crippen molar-refractivity contribution in [3.05, 3.63) is 34.9 Å². The minimum atomic E-state index is -0.881. The van der Waals surface area contributed by atoms with Crippen LogP contribution >= 0.6 is 11.6 Å². The normalized spacial score (nSPS) is 12.7. The summed E-state index contributed by atoms with van der Waals surface area (Å²) in [5, 5.41) is 9.26. The van der Waals surface area contributed by atoms with Crippen molar-refractivity contribution in [1.82, 2.24) is 0 Å². The maximum absolute atomic E-state index is 11.4. The smallest absolute Gasteiger partial charge is 0.0485 e. The van der Waals surface area contributed by atoms with Gasteiger partial charge in [0.1, 0.15) is 0 Å². The summed E-state index contributed by atoms with van der Waals surface area (Å²) in [6, 6.07) is 7.33. The zero-order valence-corrected chi connectivity index (χ0v) is 9.35. The maximum atomic E-state index is 11.4. The van der Waals surface area contributed by atoms with Gasteiger partial charge in [0.25, 0.3) is 0 Å². The molecule has 0 bridgehead atoms. The monoisotopic (exact) mass is 232 g/mol. The van der Waals surface area contributed by atoms with Crippen LogP contribution in [0.25, 0.3) is 0 Å². The fourth-order valence-corrected chi connectivity index (χ4v) is 2.35. The molecule has 0 heterocycles. The Morgan fingerprint density at radius 1 is 1.29 bits per heavy atom. The average Bonchev–Trinajstić information content (AvgIpc) is 2.18. The van der Waals surface area contributed by atoms with E-state index in [1.165, 1.54) is 0 Å². The van der Waals surface area contributed by atoms with Crippen LogP contribution in [0.3, 0.4) is 0 Å². The lowest BCUT2D eigenvalue weighted by Crippen LogP contribution is -2.02. The number of hydrogen-bond donors (Lipinski definition) is 1. The molecule has 0 saturated heterocycles. The van der Waals surface area contributed by atoms with Crippen LogP contribution in [0.1, 0.15) is 12.0 Å². The zero-order valence-electron chi connectivity index (χ0n) is 7.78. The molecule has 2 nitrogen and oxygen atoms in total. The van der Waals surface area contributed by atoms with E-state index in [1.807, 2.05) is 12.1 Å². The van der Waals surface area contributed by atoms with E-state index in [2.05, 4.69) is 0 Å². The molecule has 78 valence electrons. The first-order chi connectivity index (χ1) is 6.72. The van der Waals surface area contributed by atoms with E-state index >= 15 is 0 Å². The van der Waals surface area contributed by atoms with Gasteiger partial charge in [-0.25, -0.2) is 0 Å². The van der Waals surface area contributed by atoms with Gasteiger partial charge in [0, 0.05) is 33.9 Å². The Bertz CT molecular complexity index is 297. The molecule has 0 saturated carbocycles. The van der Waals surface area contributed by atoms with E-state index in [0.29, 0.717) is 22.9 Å². The molecular formula is C10H13ClO2S. The van der Waals surface area contributed by atoms with Gasteiger partial charge in [0.05, 0.1) is 0 Å². The minimum Gasteiger partial charge on any atom is -0.396 e. The molecule has 0 spiro atoms. The van der Waals surface area contributed by atoms with E-state index in [9.17, 15) is 4.21 Å². The molecule has 1 rings (SSSR count). The molecule has 1 unspecified atom stereocenters. The second kappa shape index (κ2) is 6.17. The Morgan fingerprint density at radius 2 is 1.93 bits per heavy atom. The molecule has 1 atom stereocenters. The molecule has 0 aromatic heterocycles. The van der Waals surface area contributed by atoms with Crippen molar-refractivity contribution in [2.45, 2.75) is 12.2 Å². The van der Waals surface area contributed by atoms with Crippen LogP contribution < -0.4 is 0 Å². The summed E-state index contributed by atoms with van der Waals surface area (Å²) in [7, 11) is -0.881. The van der Waals surface area contributed by atoms with Crippen LogP contribution in [-0.2, 0) is 16.6 Å². The van der Waals surface area contributed by atoms with E-state index < -0.39 is 10.8 Å². The van der Waals surface area contributed by atoms with Crippen molar-refractivity contribution in [2.24, 2.45) is 0 Å². The molecule has 1 aromatic carbocycles. The summed E-state index contributed by atoms with van der Waals surface area (Å²) in [6.07, 6.45) is 0.597. The van der Waals surface area contributed by atoms with Crippen LogP contribution in [0.4, 0.5) is 0 Å². The predicted octanol–water partition coefficient (Wildman–Crippen LogP) is 1.97. The topological polar surface area (TPSA) is 37.3 Å². The van der Waals surface area contributed by atoms with Crippen LogP contribution in [0.5, 0.6) is 0 Å². The zero-order chi connectivity index (χ0) is 10.4. The van der Waals surface area contributed by atoms with Crippen LogP contribution in [0.15, 0.2) is 24.3 Å². The number of benzene rings is 1. The number of aliphatic hydroxyl groups is 1. The van der Waals surface area contributed by atoms with E-state index in [-0.39, 0.29) is 6.61 Å². The second-order valence-corrected chi connectivity index (χ2v) is 5.00. The number of halogens is 1. The van der Waals surface area contributed by atoms with Gasteiger partial charge in [-0.1, -0.05) is 23.7 Å². The van der Waals surface area contributed by atoms with Gasteiger partial charge in [-0.15, -0.1) is 0 Å². The average molecular weight is 233 g/mol. The maximum Gasteiger partial charge on any atom is 0.0485 e. The molecule has 0 fully saturated rings. The highest BCUT2D eigenvalue weighted by Crippen LogP contribution is 2.11. The van der Waals surface area contributed by atoms with Gasteiger partial charge in [-0.2, -0.15) is 0 Å². The van der Waals surface area contributed by atoms with Gasteiger partial charge in [-0.05, 0) is 24.1 Å². The summed E-state index contributed by atoms with van der Waals surface area (Å²) in [5.74, 6) is 1.09. The van der Waals surface area contributed by atoms with Gasteiger partial charge in [0.2, 0.25) is 0 Å². The lowest BCUT2D eigenvalue weighted by atomic mass is 10.2. The third kappa shape index (κ3) is 4.22. The third-order valence-electron chi connectivity index (χ3n) is 1.77. The first-order valence-corrected chi connectivity index (χ1v) is 6.29. The highest BCUT2D eigenvalue weighted by Gasteiger charge is 2.01. The predicted molar refractivity (Wildman–Crippen MR) is 59.9 cm³/mol.